The van der Waals surface area contributed by atoms with Gasteiger partial charge in [-0.2, -0.15) is 4.98 Å². The number of benzene rings is 1. The zero-order valence-corrected chi connectivity index (χ0v) is 21.9. The largest absolute Gasteiger partial charge is 0.465 e. The van der Waals surface area contributed by atoms with Gasteiger partial charge in [-0.05, 0) is 43.0 Å². The Morgan fingerprint density at radius 1 is 1.14 bits per heavy atom. The third-order valence-corrected chi connectivity index (χ3v) is 8.08. The first-order valence-corrected chi connectivity index (χ1v) is 12.9. The van der Waals surface area contributed by atoms with Gasteiger partial charge in [-0.1, -0.05) is 50.2 Å². The molecular weight excluding hydrogens is 470 g/mol. The van der Waals surface area contributed by atoms with Gasteiger partial charge in [0.25, 0.3) is 0 Å². The Bertz CT molecular complexity index is 1260. The lowest BCUT2D eigenvalue weighted by molar-refractivity contribution is -0.127. The SMILES string of the molecule is CC(C)c1ccc([C@](O)(c2cncc(-c3noc(C4CCN(C(=O)O)CC4)n3)c2)C2(C)CN(C)C2)cc1. The molecule has 5 rings (SSSR count). The molecule has 196 valence electrons. The summed E-state index contributed by atoms with van der Waals surface area (Å²) in [5.74, 6) is 1.35. The number of likely N-dealkylation sites (tertiary alicyclic amines) is 2. The van der Waals surface area contributed by atoms with Crippen molar-refractivity contribution in [2.75, 3.05) is 33.2 Å². The van der Waals surface area contributed by atoms with Gasteiger partial charge in [-0.25, -0.2) is 4.79 Å². The van der Waals surface area contributed by atoms with Crippen LogP contribution in [-0.2, 0) is 5.60 Å². The van der Waals surface area contributed by atoms with Gasteiger partial charge in [0.15, 0.2) is 0 Å². The van der Waals surface area contributed by atoms with Gasteiger partial charge in [0.2, 0.25) is 11.7 Å². The average Bonchev–Trinajstić information content (AvgIpc) is 3.38. The van der Waals surface area contributed by atoms with Crippen molar-refractivity contribution in [3.05, 3.63) is 65.3 Å². The first kappa shape index (κ1) is 25.4. The Labute approximate surface area is 217 Å². The molecule has 2 N–H and O–H groups in total. The zero-order valence-electron chi connectivity index (χ0n) is 21.9. The van der Waals surface area contributed by atoms with Crippen LogP contribution in [0.4, 0.5) is 4.79 Å². The van der Waals surface area contributed by atoms with Crippen LogP contribution in [0.15, 0.2) is 47.2 Å². The van der Waals surface area contributed by atoms with Crippen molar-refractivity contribution in [2.45, 2.75) is 51.0 Å². The highest BCUT2D eigenvalue weighted by molar-refractivity contribution is 5.65. The Kier molecular flexibility index (Phi) is 6.53. The van der Waals surface area contributed by atoms with E-state index in [9.17, 15) is 15.0 Å². The fourth-order valence-corrected chi connectivity index (χ4v) is 5.94. The molecule has 1 amide bonds. The number of hydrogen-bond donors (Lipinski definition) is 2. The third-order valence-electron chi connectivity index (χ3n) is 8.08. The minimum atomic E-state index is -1.26. The van der Waals surface area contributed by atoms with Gasteiger partial charge >= 0.3 is 6.09 Å². The highest BCUT2D eigenvalue weighted by Gasteiger charge is 2.55. The van der Waals surface area contributed by atoms with Gasteiger partial charge in [0.05, 0.1) is 0 Å². The van der Waals surface area contributed by atoms with E-state index in [2.05, 4.69) is 60.0 Å². The number of amides is 1. The number of aliphatic hydroxyl groups is 1. The van der Waals surface area contributed by atoms with E-state index in [1.165, 1.54) is 10.5 Å². The Hall–Kier alpha value is -3.30. The highest BCUT2D eigenvalue weighted by atomic mass is 16.5. The zero-order chi connectivity index (χ0) is 26.4. The minimum absolute atomic E-state index is 0.0221. The van der Waals surface area contributed by atoms with Gasteiger partial charge in [0, 0.05) is 61.0 Å². The van der Waals surface area contributed by atoms with Gasteiger partial charge in [-0.3, -0.25) is 4.98 Å². The molecule has 0 saturated carbocycles. The van der Waals surface area contributed by atoms with E-state index in [4.69, 9.17) is 4.52 Å². The molecule has 2 aliphatic heterocycles. The molecule has 0 radical (unpaired) electrons. The Morgan fingerprint density at radius 2 is 1.81 bits per heavy atom. The topological polar surface area (TPSA) is 116 Å². The van der Waals surface area contributed by atoms with Crippen LogP contribution in [-0.4, -0.2) is 74.5 Å². The molecule has 4 heterocycles. The first-order valence-electron chi connectivity index (χ1n) is 12.9. The molecule has 1 atom stereocenters. The summed E-state index contributed by atoms with van der Waals surface area (Å²) in [7, 11) is 2.06. The second kappa shape index (κ2) is 9.54. The number of hydrogen-bond acceptors (Lipinski definition) is 7. The molecule has 0 bridgehead atoms. The van der Waals surface area contributed by atoms with E-state index in [-0.39, 0.29) is 5.92 Å². The molecule has 3 aromatic rings. The highest BCUT2D eigenvalue weighted by Crippen LogP contribution is 2.50. The smallest absolute Gasteiger partial charge is 0.407 e. The van der Waals surface area contributed by atoms with E-state index >= 15 is 0 Å². The molecule has 2 saturated heterocycles. The second-order valence-corrected chi connectivity index (χ2v) is 11.2. The average molecular weight is 506 g/mol. The number of carboxylic acid groups (broad SMARTS) is 1. The molecule has 2 aromatic heterocycles. The van der Waals surface area contributed by atoms with Crippen molar-refractivity contribution in [1.82, 2.24) is 24.9 Å². The van der Waals surface area contributed by atoms with Crippen molar-refractivity contribution < 1.29 is 19.5 Å². The molecule has 2 fully saturated rings. The number of pyridine rings is 1. The predicted octanol–water partition coefficient (Wildman–Crippen LogP) is 4.30. The van der Waals surface area contributed by atoms with Crippen LogP contribution in [0.3, 0.4) is 0 Å². The predicted molar refractivity (Wildman–Crippen MR) is 138 cm³/mol. The van der Waals surface area contributed by atoms with Crippen molar-refractivity contribution in [1.29, 1.82) is 0 Å². The molecule has 9 nitrogen and oxygen atoms in total. The number of rotatable bonds is 6. The maximum atomic E-state index is 12.4. The first-order chi connectivity index (χ1) is 17.6. The summed E-state index contributed by atoms with van der Waals surface area (Å²) < 4.78 is 5.59. The standard InChI is InChI=1S/C28H35N5O4/c1-18(2)19-5-7-22(8-6-19)28(36,27(3)16-32(4)17-27)23-13-21(14-29-15-23)24-30-25(37-31-24)20-9-11-33(12-10-20)26(34)35/h5-8,13-15,18,20,36H,9-12,16-17H2,1-4H3,(H,34,35)/t28-/m0/s1. The normalized spacial score (nSPS) is 20.0. The van der Waals surface area contributed by atoms with Crippen LogP contribution in [0.1, 0.15) is 68.0 Å². The summed E-state index contributed by atoms with van der Waals surface area (Å²) in [5.41, 5.74) is 1.77. The quantitative estimate of drug-likeness (QED) is 0.509. The van der Waals surface area contributed by atoms with E-state index in [1.807, 2.05) is 18.2 Å². The Balaban J connectivity index is 1.46. The summed E-state index contributed by atoms with van der Waals surface area (Å²) >= 11 is 0. The summed E-state index contributed by atoms with van der Waals surface area (Å²) in [6.07, 6.45) is 3.80. The van der Waals surface area contributed by atoms with Crippen molar-refractivity contribution in [3.63, 3.8) is 0 Å². The van der Waals surface area contributed by atoms with E-state index in [0.29, 0.717) is 54.7 Å². The molecule has 9 heteroatoms. The lowest BCUT2D eigenvalue weighted by Crippen LogP contribution is -2.63. The molecule has 0 spiro atoms. The summed E-state index contributed by atoms with van der Waals surface area (Å²) in [6.45, 7) is 8.83. The lowest BCUT2D eigenvalue weighted by Gasteiger charge is -2.55. The third kappa shape index (κ3) is 4.51. The van der Waals surface area contributed by atoms with Gasteiger partial charge in [-0.15, -0.1) is 0 Å². The second-order valence-electron chi connectivity index (χ2n) is 11.2. The number of carbonyl (C=O) groups is 1. The van der Waals surface area contributed by atoms with Crippen LogP contribution in [0.2, 0.25) is 0 Å². The van der Waals surface area contributed by atoms with E-state index < -0.39 is 17.1 Å². The van der Waals surface area contributed by atoms with Crippen LogP contribution in [0.5, 0.6) is 0 Å². The van der Waals surface area contributed by atoms with E-state index in [0.717, 1.165) is 18.7 Å². The fraction of sp³-hybridized carbons (Fsp3) is 0.500. The Morgan fingerprint density at radius 3 is 2.41 bits per heavy atom. The van der Waals surface area contributed by atoms with Crippen molar-refractivity contribution >= 4 is 6.09 Å². The van der Waals surface area contributed by atoms with Crippen molar-refractivity contribution in [2.24, 2.45) is 5.41 Å². The minimum Gasteiger partial charge on any atom is -0.465 e. The van der Waals surface area contributed by atoms with Crippen molar-refractivity contribution in [3.8, 4) is 11.4 Å². The monoisotopic (exact) mass is 505 g/mol. The van der Waals surface area contributed by atoms with Gasteiger partial charge < -0.3 is 24.5 Å². The van der Waals surface area contributed by atoms with Gasteiger partial charge in [0.1, 0.15) is 5.60 Å². The number of aromatic nitrogens is 3. The maximum Gasteiger partial charge on any atom is 0.407 e. The van der Waals surface area contributed by atoms with Crippen LogP contribution < -0.4 is 0 Å². The molecule has 1 aromatic carbocycles. The molecule has 37 heavy (non-hydrogen) atoms. The molecular formula is C28H35N5O4. The van der Waals surface area contributed by atoms with Crippen LogP contribution >= 0.6 is 0 Å². The molecule has 0 unspecified atom stereocenters. The summed E-state index contributed by atoms with van der Waals surface area (Å²) in [4.78, 5) is 23.9. The summed E-state index contributed by atoms with van der Waals surface area (Å²) in [6, 6.07) is 10.2. The number of piperidine rings is 1. The number of nitrogens with zero attached hydrogens (tertiary/aromatic N) is 5. The fourth-order valence-electron chi connectivity index (χ4n) is 5.94. The molecule has 0 aliphatic carbocycles. The maximum absolute atomic E-state index is 12.4. The van der Waals surface area contributed by atoms with E-state index in [1.54, 1.807) is 12.4 Å². The molecule has 2 aliphatic rings. The van der Waals surface area contributed by atoms with Crippen LogP contribution in [0, 0.1) is 5.41 Å². The lowest BCUT2D eigenvalue weighted by atomic mass is 9.62. The van der Waals surface area contributed by atoms with Crippen LogP contribution in [0.25, 0.3) is 11.4 Å². The summed E-state index contributed by atoms with van der Waals surface area (Å²) in [5, 5.41) is 25.8.